The molecule has 2 rings (SSSR count). The number of carbonyl (C=O) groups is 2. The Morgan fingerprint density at radius 2 is 1.84 bits per heavy atom. The van der Waals surface area contributed by atoms with Gasteiger partial charge >= 0.3 is 0 Å². The predicted molar refractivity (Wildman–Crippen MR) is 99.5 cm³/mol. The zero-order valence-electron chi connectivity index (χ0n) is 14.5. The molecular formula is C19H21ClN2O3. The van der Waals surface area contributed by atoms with Gasteiger partial charge in [-0.15, -0.1) is 0 Å². The lowest BCUT2D eigenvalue weighted by atomic mass is 10.0. The van der Waals surface area contributed by atoms with Crippen molar-refractivity contribution in [3.63, 3.8) is 0 Å². The van der Waals surface area contributed by atoms with Crippen LogP contribution in [-0.2, 0) is 4.74 Å². The van der Waals surface area contributed by atoms with Crippen molar-refractivity contribution in [1.29, 1.82) is 0 Å². The molecule has 0 atom stereocenters. The first kappa shape index (κ1) is 19.0. The van der Waals surface area contributed by atoms with E-state index in [4.69, 9.17) is 16.3 Å². The first-order valence-electron chi connectivity index (χ1n) is 7.88. The van der Waals surface area contributed by atoms with Gasteiger partial charge in [-0.25, -0.2) is 0 Å². The van der Waals surface area contributed by atoms with Crippen LogP contribution in [0, 0.1) is 13.8 Å². The first-order chi connectivity index (χ1) is 11.9. The number of halogens is 1. The Hall–Kier alpha value is -2.37. The van der Waals surface area contributed by atoms with Crippen LogP contribution in [0.2, 0.25) is 5.02 Å². The number of nitrogens with one attached hydrogen (secondary N) is 2. The summed E-state index contributed by atoms with van der Waals surface area (Å²) in [6, 6.07) is 10.4. The molecule has 0 aliphatic rings. The van der Waals surface area contributed by atoms with E-state index >= 15 is 0 Å². The summed E-state index contributed by atoms with van der Waals surface area (Å²) in [7, 11) is 1.56. The summed E-state index contributed by atoms with van der Waals surface area (Å²) in [6.45, 7) is 4.69. The van der Waals surface area contributed by atoms with Crippen LogP contribution in [0.1, 0.15) is 31.8 Å². The fourth-order valence-corrected chi connectivity index (χ4v) is 2.60. The van der Waals surface area contributed by atoms with Gasteiger partial charge in [0.25, 0.3) is 11.8 Å². The molecule has 0 aliphatic heterocycles. The average Bonchev–Trinajstić information content (AvgIpc) is 2.57. The van der Waals surface area contributed by atoms with Gasteiger partial charge in [-0.2, -0.15) is 0 Å². The van der Waals surface area contributed by atoms with Crippen LogP contribution in [0.3, 0.4) is 0 Å². The van der Waals surface area contributed by atoms with E-state index in [1.165, 1.54) is 0 Å². The van der Waals surface area contributed by atoms with Crippen LogP contribution >= 0.6 is 11.6 Å². The molecule has 0 radical (unpaired) electrons. The topological polar surface area (TPSA) is 67.4 Å². The molecule has 2 aromatic carbocycles. The van der Waals surface area contributed by atoms with Crippen molar-refractivity contribution < 1.29 is 14.3 Å². The molecule has 6 heteroatoms. The summed E-state index contributed by atoms with van der Waals surface area (Å²) in [5.41, 5.74) is 3.47. The Morgan fingerprint density at radius 3 is 2.52 bits per heavy atom. The third kappa shape index (κ3) is 4.81. The number of benzene rings is 2. The van der Waals surface area contributed by atoms with Crippen molar-refractivity contribution in [2.24, 2.45) is 0 Å². The summed E-state index contributed by atoms with van der Waals surface area (Å²) in [5, 5.41) is 5.79. The molecule has 0 fully saturated rings. The van der Waals surface area contributed by atoms with E-state index in [0.29, 0.717) is 30.0 Å². The Balaban J connectivity index is 2.11. The minimum Gasteiger partial charge on any atom is -0.383 e. The number of anilines is 1. The molecular weight excluding hydrogens is 340 g/mol. The second kappa shape index (κ2) is 8.65. The molecule has 0 saturated heterocycles. The third-order valence-electron chi connectivity index (χ3n) is 3.91. The largest absolute Gasteiger partial charge is 0.383 e. The Labute approximate surface area is 152 Å². The molecule has 0 aliphatic carbocycles. The average molecular weight is 361 g/mol. The van der Waals surface area contributed by atoms with Gasteiger partial charge in [0.15, 0.2) is 0 Å². The molecule has 2 amide bonds. The molecule has 0 spiro atoms. The Bertz CT molecular complexity index is 790. The van der Waals surface area contributed by atoms with E-state index in [1.54, 1.807) is 31.4 Å². The van der Waals surface area contributed by atoms with Gasteiger partial charge in [0.2, 0.25) is 0 Å². The number of carbonyl (C=O) groups excluding carboxylic acids is 2. The summed E-state index contributed by atoms with van der Waals surface area (Å²) >= 11 is 6.18. The van der Waals surface area contributed by atoms with Gasteiger partial charge in [0, 0.05) is 24.9 Å². The van der Waals surface area contributed by atoms with E-state index in [9.17, 15) is 9.59 Å². The molecule has 0 bridgehead atoms. The van der Waals surface area contributed by atoms with Crippen LogP contribution in [0.15, 0.2) is 36.4 Å². The standard InChI is InChI=1S/C19H21ClN2O3/c1-12-5-4-6-15(13(12)2)19(24)22-14-7-8-16(17(20)11-14)18(23)21-9-10-25-3/h4-8,11H,9-10H2,1-3H3,(H,21,23)(H,22,24). The quantitative estimate of drug-likeness (QED) is 0.773. The molecule has 25 heavy (non-hydrogen) atoms. The second-order valence-electron chi connectivity index (χ2n) is 5.64. The fraction of sp³-hybridized carbons (Fsp3) is 0.263. The fourth-order valence-electron chi connectivity index (χ4n) is 2.33. The van der Waals surface area contributed by atoms with Gasteiger partial charge in [-0.05, 0) is 49.2 Å². The van der Waals surface area contributed by atoms with E-state index in [1.807, 2.05) is 26.0 Å². The summed E-state index contributed by atoms with van der Waals surface area (Å²) in [5.74, 6) is -0.496. The lowest BCUT2D eigenvalue weighted by Gasteiger charge is -2.11. The lowest BCUT2D eigenvalue weighted by molar-refractivity contribution is 0.0936. The van der Waals surface area contributed by atoms with E-state index in [2.05, 4.69) is 10.6 Å². The monoisotopic (exact) mass is 360 g/mol. The molecule has 0 saturated carbocycles. The summed E-state index contributed by atoms with van der Waals surface area (Å²) in [4.78, 5) is 24.5. The van der Waals surface area contributed by atoms with Gasteiger partial charge in [-0.1, -0.05) is 23.7 Å². The highest BCUT2D eigenvalue weighted by Gasteiger charge is 2.13. The van der Waals surface area contributed by atoms with Crippen molar-refractivity contribution in [2.75, 3.05) is 25.6 Å². The van der Waals surface area contributed by atoms with Crippen LogP contribution in [-0.4, -0.2) is 32.1 Å². The van der Waals surface area contributed by atoms with Crippen molar-refractivity contribution >= 4 is 29.1 Å². The van der Waals surface area contributed by atoms with E-state index < -0.39 is 0 Å². The highest BCUT2D eigenvalue weighted by atomic mass is 35.5. The van der Waals surface area contributed by atoms with Gasteiger partial charge in [0.05, 0.1) is 17.2 Å². The Kier molecular flexibility index (Phi) is 6.56. The van der Waals surface area contributed by atoms with Crippen LogP contribution in [0.25, 0.3) is 0 Å². The van der Waals surface area contributed by atoms with Crippen molar-refractivity contribution in [2.45, 2.75) is 13.8 Å². The van der Waals surface area contributed by atoms with Crippen molar-refractivity contribution in [1.82, 2.24) is 5.32 Å². The first-order valence-corrected chi connectivity index (χ1v) is 8.26. The number of methoxy groups -OCH3 is 1. The van der Waals surface area contributed by atoms with E-state index in [0.717, 1.165) is 11.1 Å². The maximum Gasteiger partial charge on any atom is 0.255 e. The molecule has 0 heterocycles. The number of hydrogen-bond acceptors (Lipinski definition) is 3. The lowest BCUT2D eigenvalue weighted by Crippen LogP contribution is -2.27. The molecule has 5 nitrogen and oxygen atoms in total. The van der Waals surface area contributed by atoms with Crippen LogP contribution < -0.4 is 10.6 Å². The zero-order valence-corrected chi connectivity index (χ0v) is 15.2. The number of aryl methyl sites for hydroxylation is 1. The Morgan fingerprint density at radius 1 is 1.08 bits per heavy atom. The number of ether oxygens (including phenoxy) is 1. The maximum atomic E-state index is 12.4. The number of hydrogen-bond donors (Lipinski definition) is 2. The summed E-state index contributed by atoms with van der Waals surface area (Å²) < 4.78 is 4.89. The smallest absolute Gasteiger partial charge is 0.255 e. The van der Waals surface area contributed by atoms with Gasteiger partial charge < -0.3 is 15.4 Å². The van der Waals surface area contributed by atoms with Crippen LogP contribution in [0.4, 0.5) is 5.69 Å². The molecule has 0 aromatic heterocycles. The van der Waals surface area contributed by atoms with Gasteiger partial charge in [0.1, 0.15) is 0 Å². The summed E-state index contributed by atoms with van der Waals surface area (Å²) in [6.07, 6.45) is 0. The zero-order chi connectivity index (χ0) is 18.4. The van der Waals surface area contributed by atoms with E-state index in [-0.39, 0.29) is 16.8 Å². The molecule has 132 valence electrons. The predicted octanol–water partition coefficient (Wildman–Crippen LogP) is 3.59. The minimum absolute atomic E-state index is 0.213. The highest BCUT2D eigenvalue weighted by molar-refractivity contribution is 6.34. The maximum absolute atomic E-state index is 12.4. The SMILES string of the molecule is COCCNC(=O)c1ccc(NC(=O)c2cccc(C)c2C)cc1Cl. The molecule has 2 aromatic rings. The number of amides is 2. The van der Waals surface area contributed by atoms with Crippen molar-refractivity contribution in [3.05, 3.63) is 63.7 Å². The second-order valence-corrected chi connectivity index (χ2v) is 6.05. The highest BCUT2D eigenvalue weighted by Crippen LogP contribution is 2.22. The van der Waals surface area contributed by atoms with Crippen LogP contribution in [0.5, 0.6) is 0 Å². The molecule has 0 unspecified atom stereocenters. The molecule has 2 N–H and O–H groups in total. The third-order valence-corrected chi connectivity index (χ3v) is 4.23. The number of rotatable bonds is 6. The minimum atomic E-state index is -0.283. The van der Waals surface area contributed by atoms with Gasteiger partial charge in [-0.3, -0.25) is 9.59 Å². The van der Waals surface area contributed by atoms with Crippen molar-refractivity contribution in [3.8, 4) is 0 Å². The normalized spacial score (nSPS) is 10.4.